The van der Waals surface area contributed by atoms with Crippen molar-refractivity contribution in [2.45, 2.75) is 20.4 Å². The zero-order valence-electron chi connectivity index (χ0n) is 18.7. The number of benzene rings is 2. The molecule has 10 heteroatoms. The molecule has 0 bridgehead atoms. The average molecular weight is 490 g/mol. The molecule has 1 fully saturated rings. The van der Waals surface area contributed by atoms with Crippen LogP contribution in [0.4, 0.5) is 18.9 Å². The summed E-state index contributed by atoms with van der Waals surface area (Å²) in [5, 5.41) is 1.13. The van der Waals surface area contributed by atoms with Crippen LogP contribution >= 0.6 is 11.3 Å². The van der Waals surface area contributed by atoms with Crippen molar-refractivity contribution in [3.05, 3.63) is 47.4 Å². The Morgan fingerprint density at radius 1 is 1.18 bits per heavy atom. The van der Waals surface area contributed by atoms with Crippen LogP contribution in [-0.4, -0.2) is 48.4 Å². The zero-order valence-corrected chi connectivity index (χ0v) is 19.5. The van der Waals surface area contributed by atoms with Crippen molar-refractivity contribution in [3.8, 4) is 10.6 Å². The Hall–Kier alpha value is -3.11. The molecule has 2 aromatic carbocycles. The van der Waals surface area contributed by atoms with E-state index >= 15 is 0 Å². The Balaban J connectivity index is 1.71. The molecule has 4 aromatic rings. The molecule has 0 atom stereocenters. The third-order valence-electron chi connectivity index (χ3n) is 6.01. The summed E-state index contributed by atoms with van der Waals surface area (Å²) >= 11 is 0.954. The number of esters is 1. The van der Waals surface area contributed by atoms with Crippen LogP contribution in [0.5, 0.6) is 0 Å². The van der Waals surface area contributed by atoms with Crippen molar-refractivity contribution >= 4 is 44.1 Å². The number of anilines is 1. The summed E-state index contributed by atoms with van der Waals surface area (Å²) in [6.07, 6.45) is 0. The molecule has 178 valence electrons. The largest absolute Gasteiger partial charge is 0.465 e. The Morgan fingerprint density at radius 3 is 2.68 bits per heavy atom. The van der Waals surface area contributed by atoms with Crippen LogP contribution in [0.25, 0.3) is 31.7 Å². The van der Waals surface area contributed by atoms with Crippen LogP contribution < -0.4 is 4.90 Å². The second-order valence-corrected chi connectivity index (χ2v) is 9.00. The number of hydrogen-bond acceptors (Lipinski definition) is 6. The van der Waals surface area contributed by atoms with Gasteiger partial charge in [-0.05, 0) is 26.0 Å². The molecule has 0 N–H and O–H groups in total. The Kier molecular flexibility index (Phi) is 5.95. The van der Waals surface area contributed by atoms with Crippen molar-refractivity contribution in [1.29, 1.82) is 0 Å². The van der Waals surface area contributed by atoms with Crippen molar-refractivity contribution < 1.29 is 27.4 Å². The van der Waals surface area contributed by atoms with Gasteiger partial charge in [-0.25, -0.2) is 18.2 Å². The molecular weight excluding hydrogens is 467 g/mol. The van der Waals surface area contributed by atoms with E-state index < -0.39 is 23.4 Å². The lowest BCUT2D eigenvalue weighted by atomic mass is 10.1. The molecule has 5 rings (SSSR count). The topological polar surface area (TPSA) is 56.6 Å². The number of morpholine rings is 1. The summed E-state index contributed by atoms with van der Waals surface area (Å²) in [6, 6.07) is 6.42. The lowest BCUT2D eigenvalue weighted by molar-refractivity contribution is -0.143. The first kappa shape index (κ1) is 22.7. The highest BCUT2D eigenvalue weighted by atomic mass is 32.1. The molecule has 2 aromatic heterocycles. The quantitative estimate of drug-likeness (QED) is 0.290. The van der Waals surface area contributed by atoms with Crippen LogP contribution in [0.2, 0.25) is 0 Å². The fourth-order valence-electron chi connectivity index (χ4n) is 4.38. The number of carbonyl (C=O) groups is 1. The van der Waals surface area contributed by atoms with E-state index in [2.05, 4.69) is 9.88 Å². The molecule has 0 spiro atoms. The molecule has 3 heterocycles. The van der Waals surface area contributed by atoms with Gasteiger partial charge in [0.15, 0.2) is 11.6 Å². The molecule has 0 radical (unpaired) electrons. The van der Waals surface area contributed by atoms with Gasteiger partial charge in [0.05, 0.1) is 30.0 Å². The van der Waals surface area contributed by atoms with Crippen molar-refractivity contribution in [3.63, 3.8) is 0 Å². The maximum absolute atomic E-state index is 14.4. The molecule has 0 amide bonds. The number of thiazole rings is 1. The Morgan fingerprint density at radius 2 is 1.94 bits per heavy atom. The summed E-state index contributed by atoms with van der Waals surface area (Å²) in [5.41, 5.74) is 2.76. The standard InChI is InChI=1S/C24H22F3N3O3S/c1-3-33-19(31)12-30-13(2)20(24-28-22-21(27)16(25)11-17(26)23(22)34-24)15-5-4-14(10-18(15)30)29-6-8-32-9-7-29/h4-5,10-11H,3,6-9,12H2,1-2H3. The second-order valence-electron chi connectivity index (χ2n) is 8.00. The lowest BCUT2D eigenvalue weighted by Crippen LogP contribution is -2.36. The summed E-state index contributed by atoms with van der Waals surface area (Å²) < 4.78 is 54.9. The van der Waals surface area contributed by atoms with Gasteiger partial charge in [-0.15, -0.1) is 11.3 Å². The van der Waals surface area contributed by atoms with Crippen molar-refractivity contribution in [1.82, 2.24) is 9.55 Å². The van der Waals surface area contributed by atoms with E-state index in [0.29, 0.717) is 35.5 Å². The number of halogens is 3. The van der Waals surface area contributed by atoms with Gasteiger partial charge in [-0.1, -0.05) is 6.07 Å². The maximum Gasteiger partial charge on any atom is 0.325 e. The zero-order chi connectivity index (χ0) is 24.0. The van der Waals surface area contributed by atoms with Crippen LogP contribution in [-0.2, 0) is 20.8 Å². The minimum absolute atomic E-state index is 0.0228. The van der Waals surface area contributed by atoms with Crippen LogP contribution in [0, 0.1) is 24.4 Å². The first-order valence-corrected chi connectivity index (χ1v) is 11.8. The van der Waals surface area contributed by atoms with Crippen LogP contribution in [0.3, 0.4) is 0 Å². The molecule has 1 saturated heterocycles. The second kappa shape index (κ2) is 8.92. The normalized spacial score (nSPS) is 14.3. The van der Waals surface area contributed by atoms with Gasteiger partial charge in [-0.3, -0.25) is 4.79 Å². The van der Waals surface area contributed by atoms with Crippen LogP contribution in [0.1, 0.15) is 12.6 Å². The molecule has 1 aliphatic heterocycles. The fourth-order valence-corrected chi connectivity index (χ4v) is 5.46. The third-order valence-corrected chi connectivity index (χ3v) is 7.09. The number of ether oxygens (including phenoxy) is 2. The van der Waals surface area contributed by atoms with Gasteiger partial charge >= 0.3 is 5.97 Å². The smallest absolute Gasteiger partial charge is 0.325 e. The van der Waals surface area contributed by atoms with E-state index in [1.54, 1.807) is 6.92 Å². The Labute approximate surface area is 197 Å². The molecule has 0 aliphatic carbocycles. The molecule has 0 unspecified atom stereocenters. The van der Waals surface area contributed by atoms with Gasteiger partial charge in [0.25, 0.3) is 0 Å². The van der Waals surface area contributed by atoms with E-state index in [-0.39, 0.29) is 23.4 Å². The highest BCUT2D eigenvalue weighted by Gasteiger charge is 2.24. The van der Waals surface area contributed by atoms with E-state index in [9.17, 15) is 18.0 Å². The van der Waals surface area contributed by atoms with Gasteiger partial charge in [0.2, 0.25) is 0 Å². The molecule has 0 saturated carbocycles. The summed E-state index contributed by atoms with van der Waals surface area (Å²) in [5.74, 6) is -3.71. The highest BCUT2D eigenvalue weighted by Crippen LogP contribution is 2.41. The number of aromatic nitrogens is 2. The summed E-state index contributed by atoms with van der Waals surface area (Å²) in [6.45, 7) is 6.55. The van der Waals surface area contributed by atoms with E-state index in [4.69, 9.17) is 9.47 Å². The number of nitrogens with zero attached hydrogens (tertiary/aromatic N) is 3. The molecule has 6 nitrogen and oxygen atoms in total. The predicted molar refractivity (Wildman–Crippen MR) is 125 cm³/mol. The van der Waals surface area contributed by atoms with Crippen LogP contribution in [0.15, 0.2) is 24.3 Å². The third kappa shape index (κ3) is 3.80. The summed E-state index contributed by atoms with van der Waals surface area (Å²) in [4.78, 5) is 18.8. The maximum atomic E-state index is 14.4. The minimum Gasteiger partial charge on any atom is -0.465 e. The van der Waals surface area contributed by atoms with E-state index in [0.717, 1.165) is 41.0 Å². The highest BCUT2D eigenvalue weighted by molar-refractivity contribution is 7.21. The number of fused-ring (bicyclic) bond motifs is 2. The number of rotatable bonds is 5. The van der Waals surface area contributed by atoms with E-state index in [1.165, 1.54) is 0 Å². The van der Waals surface area contributed by atoms with Gasteiger partial charge in [0.1, 0.15) is 22.9 Å². The molecule has 34 heavy (non-hydrogen) atoms. The van der Waals surface area contributed by atoms with Crippen molar-refractivity contribution in [2.75, 3.05) is 37.8 Å². The van der Waals surface area contributed by atoms with Gasteiger partial charge in [0, 0.05) is 41.5 Å². The first-order valence-electron chi connectivity index (χ1n) is 10.9. The predicted octanol–water partition coefficient (Wildman–Crippen LogP) is 5.04. The first-order chi connectivity index (χ1) is 16.4. The van der Waals surface area contributed by atoms with Gasteiger partial charge < -0.3 is 18.9 Å². The molecular formula is C24H22F3N3O3S. The number of hydrogen-bond donors (Lipinski definition) is 0. The lowest BCUT2D eigenvalue weighted by Gasteiger charge is -2.29. The average Bonchev–Trinajstić information content (AvgIpc) is 3.38. The summed E-state index contributed by atoms with van der Waals surface area (Å²) in [7, 11) is 0. The minimum atomic E-state index is -1.28. The fraction of sp³-hybridized carbons (Fsp3) is 0.333. The van der Waals surface area contributed by atoms with E-state index in [1.807, 2.05) is 29.7 Å². The van der Waals surface area contributed by atoms with Gasteiger partial charge in [-0.2, -0.15) is 0 Å². The Bertz CT molecular complexity index is 1410. The SMILES string of the molecule is CCOC(=O)Cn1c(C)c(-c2nc3c(F)c(F)cc(F)c3s2)c2ccc(N3CCOCC3)cc21. The monoisotopic (exact) mass is 489 g/mol. The number of carbonyl (C=O) groups excluding carboxylic acids is 1. The molecule has 1 aliphatic rings. The van der Waals surface area contributed by atoms with Crippen molar-refractivity contribution in [2.24, 2.45) is 0 Å².